The van der Waals surface area contributed by atoms with E-state index in [0.717, 1.165) is 3.79 Å². The molecule has 1 unspecified atom stereocenters. The molecule has 0 saturated carbocycles. The highest BCUT2D eigenvalue weighted by molar-refractivity contribution is 9.11. The van der Waals surface area contributed by atoms with Gasteiger partial charge in [-0.05, 0) is 51.7 Å². The third-order valence-corrected chi connectivity index (χ3v) is 6.11. The van der Waals surface area contributed by atoms with Gasteiger partial charge < -0.3 is 5.73 Å². The average molecular weight is 356 g/mol. The van der Waals surface area contributed by atoms with Crippen molar-refractivity contribution in [2.45, 2.75) is 29.9 Å². The van der Waals surface area contributed by atoms with Gasteiger partial charge in [0, 0.05) is 16.3 Å². The minimum atomic E-state index is 0.334. The van der Waals surface area contributed by atoms with E-state index in [4.69, 9.17) is 5.73 Å². The van der Waals surface area contributed by atoms with E-state index >= 15 is 0 Å². The fourth-order valence-electron chi connectivity index (χ4n) is 1.82. The lowest BCUT2D eigenvalue weighted by molar-refractivity contribution is 0.864. The Morgan fingerprint density at radius 1 is 1.16 bits per heavy atom. The topological polar surface area (TPSA) is 26.0 Å². The Labute approximate surface area is 131 Å². The molecule has 4 heteroatoms. The molecule has 0 amide bonds. The van der Waals surface area contributed by atoms with E-state index in [0.29, 0.717) is 17.7 Å². The third-order valence-electron chi connectivity index (χ3n) is 2.95. The van der Waals surface area contributed by atoms with Crippen molar-refractivity contribution in [3.63, 3.8) is 0 Å². The van der Waals surface area contributed by atoms with Crippen molar-refractivity contribution < 1.29 is 0 Å². The second-order valence-electron chi connectivity index (χ2n) is 4.71. The zero-order valence-electron chi connectivity index (χ0n) is 11.1. The minimum absolute atomic E-state index is 0.334. The maximum Gasteiger partial charge on any atom is 0.0701 e. The first kappa shape index (κ1) is 15.1. The molecule has 0 fully saturated rings. The van der Waals surface area contributed by atoms with E-state index in [1.54, 1.807) is 11.3 Å². The molecule has 2 aromatic rings. The third kappa shape index (κ3) is 4.09. The van der Waals surface area contributed by atoms with Crippen molar-refractivity contribution in [3.05, 3.63) is 50.6 Å². The van der Waals surface area contributed by atoms with Crippen LogP contribution in [0.25, 0.3) is 0 Å². The molecular weight excluding hydrogens is 338 g/mol. The molecule has 0 saturated heterocycles. The molecule has 1 atom stereocenters. The molecule has 1 nitrogen and oxygen atoms in total. The van der Waals surface area contributed by atoms with Crippen LogP contribution in [0.2, 0.25) is 0 Å². The normalized spacial score (nSPS) is 12.9. The summed E-state index contributed by atoms with van der Waals surface area (Å²) in [5.74, 6) is 0.581. The summed E-state index contributed by atoms with van der Waals surface area (Å²) in [6.45, 7) is 5.09. The Kier molecular flexibility index (Phi) is 5.51. The summed E-state index contributed by atoms with van der Waals surface area (Å²) in [5.41, 5.74) is 7.29. The summed E-state index contributed by atoms with van der Waals surface area (Å²) in [6, 6.07) is 13.1. The summed E-state index contributed by atoms with van der Waals surface area (Å²) in [4.78, 5) is 2.61. The van der Waals surface area contributed by atoms with Gasteiger partial charge in [-0.15, -0.1) is 23.1 Å². The van der Waals surface area contributed by atoms with Gasteiger partial charge >= 0.3 is 0 Å². The van der Waals surface area contributed by atoms with E-state index in [1.165, 1.54) is 15.3 Å². The molecule has 102 valence electrons. The van der Waals surface area contributed by atoms with Gasteiger partial charge in [0.15, 0.2) is 0 Å². The Balaban J connectivity index is 2.10. The second kappa shape index (κ2) is 6.93. The maximum absolute atomic E-state index is 5.91. The van der Waals surface area contributed by atoms with Crippen LogP contribution in [0.1, 0.15) is 35.5 Å². The lowest BCUT2D eigenvalue weighted by Gasteiger charge is -2.13. The summed E-state index contributed by atoms with van der Waals surface area (Å²) in [5, 5.41) is 0.334. The van der Waals surface area contributed by atoms with E-state index in [9.17, 15) is 0 Å². The van der Waals surface area contributed by atoms with Gasteiger partial charge in [-0.3, -0.25) is 0 Å². The summed E-state index contributed by atoms with van der Waals surface area (Å²) in [7, 11) is 0. The van der Waals surface area contributed by atoms with Gasteiger partial charge in [-0.1, -0.05) is 26.0 Å². The highest BCUT2D eigenvalue weighted by atomic mass is 79.9. The van der Waals surface area contributed by atoms with Crippen LogP contribution in [-0.4, -0.2) is 6.54 Å². The van der Waals surface area contributed by atoms with Crippen molar-refractivity contribution in [2.24, 2.45) is 5.73 Å². The van der Waals surface area contributed by atoms with Crippen molar-refractivity contribution in [1.82, 2.24) is 0 Å². The first-order chi connectivity index (χ1) is 9.10. The Morgan fingerprint density at radius 2 is 1.84 bits per heavy atom. The summed E-state index contributed by atoms with van der Waals surface area (Å²) < 4.78 is 1.16. The first-order valence-corrected chi connectivity index (χ1v) is 8.81. The van der Waals surface area contributed by atoms with Crippen LogP contribution in [0.5, 0.6) is 0 Å². The highest BCUT2D eigenvalue weighted by Gasteiger charge is 2.13. The van der Waals surface area contributed by atoms with Crippen LogP contribution < -0.4 is 5.73 Å². The number of nitrogens with two attached hydrogens (primary N) is 1. The molecule has 1 heterocycles. The predicted octanol–water partition coefficient (Wildman–Crippen LogP) is 5.43. The van der Waals surface area contributed by atoms with Gasteiger partial charge in [0.05, 0.1) is 9.04 Å². The standard InChI is InChI=1S/C15H18BrNS2/c1-10(2)11-3-5-12(6-4-11)18-14(9-17)13-7-8-15(16)19-13/h3-8,10,14H,9,17H2,1-2H3. The lowest BCUT2D eigenvalue weighted by atomic mass is 10.0. The quantitative estimate of drug-likeness (QED) is 0.724. The Bertz CT molecular complexity index is 519. The Hall–Kier alpha value is -0.290. The van der Waals surface area contributed by atoms with Crippen LogP contribution in [0.3, 0.4) is 0 Å². The largest absolute Gasteiger partial charge is 0.329 e. The van der Waals surface area contributed by atoms with Crippen LogP contribution in [0.4, 0.5) is 0 Å². The zero-order chi connectivity index (χ0) is 13.8. The molecule has 2 N–H and O–H groups in total. The van der Waals surface area contributed by atoms with Gasteiger partial charge in [0.1, 0.15) is 0 Å². The fraction of sp³-hybridized carbons (Fsp3) is 0.333. The molecule has 0 spiro atoms. The van der Waals surface area contributed by atoms with Crippen molar-refractivity contribution in [2.75, 3.05) is 6.54 Å². The van der Waals surface area contributed by atoms with Gasteiger partial charge in [0.2, 0.25) is 0 Å². The van der Waals surface area contributed by atoms with Crippen LogP contribution in [-0.2, 0) is 0 Å². The molecule has 0 aliphatic carbocycles. The number of thioether (sulfide) groups is 1. The van der Waals surface area contributed by atoms with E-state index in [-0.39, 0.29) is 0 Å². The molecule has 0 radical (unpaired) electrons. The number of halogens is 1. The zero-order valence-corrected chi connectivity index (χ0v) is 14.3. The number of hydrogen-bond acceptors (Lipinski definition) is 3. The predicted molar refractivity (Wildman–Crippen MR) is 90.2 cm³/mol. The molecule has 1 aromatic heterocycles. The lowest BCUT2D eigenvalue weighted by Crippen LogP contribution is -2.07. The van der Waals surface area contributed by atoms with Crippen molar-refractivity contribution in [1.29, 1.82) is 0 Å². The molecule has 0 aliphatic heterocycles. The number of thiophene rings is 1. The summed E-state index contributed by atoms with van der Waals surface area (Å²) in [6.07, 6.45) is 0. The van der Waals surface area contributed by atoms with Gasteiger partial charge in [-0.2, -0.15) is 0 Å². The minimum Gasteiger partial charge on any atom is -0.329 e. The molecular formula is C15H18BrNS2. The average Bonchev–Trinajstić information content (AvgIpc) is 2.83. The fourth-order valence-corrected chi connectivity index (χ4v) is 4.44. The molecule has 1 aromatic carbocycles. The van der Waals surface area contributed by atoms with Crippen LogP contribution in [0, 0.1) is 0 Å². The van der Waals surface area contributed by atoms with E-state index in [2.05, 4.69) is 66.2 Å². The van der Waals surface area contributed by atoms with Crippen LogP contribution in [0.15, 0.2) is 45.1 Å². The van der Waals surface area contributed by atoms with E-state index < -0.39 is 0 Å². The highest BCUT2D eigenvalue weighted by Crippen LogP contribution is 2.39. The summed E-state index contributed by atoms with van der Waals surface area (Å²) >= 11 is 7.11. The molecule has 0 bridgehead atoms. The van der Waals surface area contributed by atoms with E-state index in [1.807, 2.05) is 11.8 Å². The SMILES string of the molecule is CC(C)c1ccc(SC(CN)c2ccc(Br)s2)cc1. The Morgan fingerprint density at radius 3 is 2.32 bits per heavy atom. The smallest absolute Gasteiger partial charge is 0.0701 e. The van der Waals surface area contributed by atoms with Gasteiger partial charge in [-0.25, -0.2) is 0 Å². The molecule has 0 aliphatic rings. The monoisotopic (exact) mass is 355 g/mol. The number of hydrogen-bond donors (Lipinski definition) is 1. The molecule has 2 rings (SSSR count). The number of rotatable bonds is 5. The number of benzene rings is 1. The first-order valence-electron chi connectivity index (χ1n) is 6.32. The maximum atomic E-state index is 5.91. The van der Waals surface area contributed by atoms with Crippen molar-refractivity contribution in [3.8, 4) is 0 Å². The molecule has 19 heavy (non-hydrogen) atoms. The van der Waals surface area contributed by atoms with Gasteiger partial charge in [0.25, 0.3) is 0 Å². The van der Waals surface area contributed by atoms with Crippen molar-refractivity contribution >= 4 is 39.0 Å². The van der Waals surface area contributed by atoms with Crippen LogP contribution >= 0.6 is 39.0 Å². The second-order valence-corrected chi connectivity index (χ2v) is 8.48.